The van der Waals surface area contributed by atoms with Crippen molar-refractivity contribution in [3.05, 3.63) is 100 Å². The molecule has 4 N–H and O–H groups in total. The van der Waals surface area contributed by atoms with E-state index < -0.39 is 43.1 Å². The van der Waals surface area contributed by atoms with Gasteiger partial charge in [-0.25, -0.2) is 13.1 Å². The monoisotopic (exact) mass is 1030 g/mol. The lowest BCUT2D eigenvalue weighted by molar-refractivity contribution is -0.384. The summed E-state index contributed by atoms with van der Waals surface area (Å²) in [6.45, 7) is 11.1. The molecule has 0 unspecified atom stereocenters. The molecule has 0 radical (unpaired) electrons. The number of piperidine rings is 1. The molecule has 0 bridgehead atoms. The molecular weight excluding hydrogens is 965 g/mol. The summed E-state index contributed by atoms with van der Waals surface area (Å²) in [5.74, 6) is 0.593. The number of nitro benzene ring substituents is 1. The first-order valence-electron chi connectivity index (χ1n) is 26.4. The summed E-state index contributed by atoms with van der Waals surface area (Å²) in [7, 11) is -4.63. The second-order valence-corrected chi connectivity index (χ2v) is 23.7. The molecule has 1 amide bonds. The van der Waals surface area contributed by atoms with Crippen LogP contribution in [-0.2, 0) is 19.5 Å². The number of sulfonamides is 1. The van der Waals surface area contributed by atoms with Gasteiger partial charge >= 0.3 is 0 Å². The Balaban J connectivity index is 0.861. The topological polar surface area (TPSA) is 214 Å². The average Bonchev–Trinajstić information content (AvgIpc) is 3.70. The Morgan fingerprint density at radius 3 is 2.53 bits per heavy atom. The van der Waals surface area contributed by atoms with E-state index in [1.54, 1.807) is 12.3 Å². The molecule has 4 aliphatic heterocycles. The van der Waals surface area contributed by atoms with Crippen LogP contribution in [0.15, 0.2) is 83.9 Å². The van der Waals surface area contributed by atoms with Crippen molar-refractivity contribution in [2.45, 2.75) is 126 Å². The van der Waals surface area contributed by atoms with Crippen molar-refractivity contribution >= 4 is 55.4 Å². The highest BCUT2D eigenvalue weighted by molar-refractivity contribution is 7.90. The summed E-state index contributed by atoms with van der Waals surface area (Å²) in [5, 5.41) is 26.8. The second kappa shape index (κ2) is 20.3. The molecule has 19 heteroatoms. The molecular formula is C55H68N8O10S. The smallest absolute Gasteiger partial charge is 0.293 e. The summed E-state index contributed by atoms with van der Waals surface area (Å²) in [4.78, 5) is 41.2. The summed E-state index contributed by atoms with van der Waals surface area (Å²) >= 11 is 0. The van der Waals surface area contributed by atoms with Crippen LogP contribution in [0.5, 0.6) is 11.6 Å². The molecule has 5 aromatic rings. The zero-order valence-corrected chi connectivity index (χ0v) is 43.3. The van der Waals surface area contributed by atoms with Gasteiger partial charge in [-0.05, 0) is 145 Å². The number of benzene rings is 3. The van der Waals surface area contributed by atoms with Gasteiger partial charge in [0.25, 0.3) is 21.6 Å². The minimum atomic E-state index is -4.63. The van der Waals surface area contributed by atoms with Crippen LogP contribution < -0.4 is 29.3 Å². The number of aliphatic hydroxyl groups is 1. The summed E-state index contributed by atoms with van der Waals surface area (Å²) in [6, 6.07) is 21.7. The van der Waals surface area contributed by atoms with Gasteiger partial charge in [-0.2, -0.15) is 4.98 Å². The lowest BCUT2D eigenvalue weighted by Crippen LogP contribution is -2.56. The maximum absolute atomic E-state index is 14.7. The number of hydrogen-bond donors (Lipinski definition) is 4. The quantitative estimate of drug-likeness (QED) is 0.0642. The number of hydrogen-bond acceptors (Lipinski definition) is 15. The normalized spacial score (nSPS) is 25.4. The molecule has 5 fully saturated rings. The fourth-order valence-corrected chi connectivity index (χ4v) is 13.5. The van der Waals surface area contributed by atoms with Crippen molar-refractivity contribution in [3.63, 3.8) is 0 Å². The number of pyridine rings is 1. The molecule has 6 heterocycles. The number of H-pyrrole nitrogens is 1. The van der Waals surface area contributed by atoms with E-state index in [1.807, 2.05) is 37.3 Å². The fraction of sp³-hybridized carbons (Fsp3) is 0.527. The molecule has 11 rings (SSSR count). The lowest BCUT2D eigenvalue weighted by atomic mass is 9.59. The van der Waals surface area contributed by atoms with E-state index in [0.29, 0.717) is 74.6 Å². The van der Waals surface area contributed by atoms with Crippen LogP contribution in [0.2, 0.25) is 0 Å². The Kier molecular flexibility index (Phi) is 13.7. The number of rotatable bonds is 13. The predicted octanol–water partition coefficient (Wildman–Crippen LogP) is 8.63. The van der Waals surface area contributed by atoms with Gasteiger partial charge in [-0.1, -0.05) is 18.2 Å². The number of carbonyl (C=O) groups excluding carboxylic acids is 1. The number of ether oxygens (including phenoxy) is 4. The Morgan fingerprint density at radius 2 is 1.74 bits per heavy atom. The molecule has 2 aromatic heterocycles. The first kappa shape index (κ1) is 50.2. The highest BCUT2D eigenvalue weighted by atomic mass is 32.2. The average molecular weight is 1030 g/mol. The number of fused-ring (bicyclic) bond motifs is 3. The van der Waals surface area contributed by atoms with Crippen LogP contribution >= 0.6 is 0 Å². The van der Waals surface area contributed by atoms with Gasteiger partial charge in [-0.3, -0.25) is 19.8 Å². The van der Waals surface area contributed by atoms with Crippen molar-refractivity contribution in [1.82, 2.24) is 19.6 Å². The number of amides is 1. The van der Waals surface area contributed by atoms with Gasteiger partial charge < -0.3 is 44.2 Å². The lowest BCUT2D eigenvalue weighted by Gasteiger charge is -2.56. The van der Waals surface area contributed by atoms with Crippen molar-refractivity contribution in [2.24, 2.45) is 11.3 Å². The number of para-hydroxylation sites is 1. The van der Waals surface area contributed by atoms with Crippen LogP contribution in [-0.4, -0.2) is 122 Å². The molecule has 2 aliphatic carbocycles. The van der Waals surface area contributed by atoms with Gasteiger partial charge in [-0.15, -0.1) is 0 Å². The number of carbonyl (C=O) groups is 1. The number of aromatic amines is 1. The Hall–Kier alpha value is -5.99. The minimum absolute atomic E-state index is 0.0637. The molecule has 2 saturated carbocycles. The molecule has 6 aliphatic rings. The molecule has 18 nitrogen and oxygen atoms in total. The van der Waals surface area contributed by atoms with Crippen LogP contribution in [0.1, 0.15) is 107 Å². The van der Waals surface area contributed by atoms with E-state index >= 15 is 0 Å². The zero-order chi connectivity index (χ0) is 51.4. The highest BCUT2D eigenvalue weighted by Gasteiger charge is 2.50. The molecule has 74 heavy (non-hydrogen) atoms. The van der Waals surface area contributed by atoms with Crippen molar-refractivity contribution in [1.29, 1.82) is 0 Å². The Bertz CT molecular complexity index is 2990. The first-order chi connectivity index (χ1) is 35.6. The number of anilines is 4. The van der Waals surface area contributed by atoms with E-state index in [4.69, 9.17) is 23.9 Å². The standard InChI is InChI=1S/C55H68N8O10S/c1-35(2)72-49-8-5-4-7-41(49)48-33-70-25-6-22-61(48)39-30-55(31-39)19-23-60(24-20-55)38-9-11-42(45(28-38)62-44-16-26-71-34-50(44)73-53-47(62)27-37-15-21-56-51(37)58-53)52(64)59-74(68,69)40-10-12-43(46(29-40)63(66)67)57-32-36-13-17-54(3,65)18-14-36/h4-5,7-12,15,21,27-29,35-36,39,44,48,50,57,65H,6,13-14,16-20,22-26,30-34H2,1-3H3,(H,56,58)(H,59,64)/t36?,44-,48-,50-,54?/m0/s1. The third kappa shape index (κ3) is 10.1. The van der Waals surface area contributed by atoms with Crippen LogP contribution in [0.25, 0.3) is 11.0 Å². The Labute approximate surface area is 432 Å². The van der Waals surface area contributed by atoms with E-state index in [9.17, 15) is 28.4 Å². The molecule has 394 valence electrons. The maximum atomic E-state index is 14.7. The highest BCUT2D eigenvalue weighted by Crippen LogP contribution is 2.54. The molecule has 3 aromatic carbocycles. The van der Waals surface area contributed by atoms with E-state index in [1.165, 1.54) is 17.7 Å². The van der Waals surface area contributed by atoms with Crippen LogP contribution in [0.3, 0.4) is 0 Å². The second-order valence-electron chi connectivity index (χ2n) is 22.0. The third-order valence-corrected chi connectivity index (χ3v) is 17.9. The number of nitro groups is 1. The number of aromatic nitrogens is 2. The zero-order valence-electron chi connectivity index (χ0n) is 42.5. The van der Waals surface area contributed by atoms with Crippen LogP contribution in [0.4, 0.5) is 28.4 Å². The summed E-state index contributed by atoms with van der Waals surface area (Å²) < 4.78 is 55.6. The van der Waals surface area contributed by atoms with Gasteiger partial charge in [0.2, 0.25) is 5.88 Å². The maximum Gasteiger partial charge on any atom is 0.293 e. The summed E-state index contributed by atoms with van der Waals surface area (Å²) in [6.07, 6.45) is 9.98. The predicted molar refractivity (Wildman–Crippen MR) is 281 cm³/mol. The summed E-state index contributed by atoms with van der Waals surface area (Å²) in [5.41, 5.74) is 3.20. The Morgan fingerprint density at radius 1 is 0.959 bits per heavy atom. The van der Waals surface area contributed by atoms with Gasteiger partial charge in [0.05, 0.1) is 58.1 Å². The van der Waals surface area contributed by atoms with E-state index in [-0.39, 0.29) is 40.8 Å². The van der Waals surface area contributed by atoms with Crippen molar-refractivity contribution in [2.75, 3.05) is 67.7 Å². The van der Waals surface area contributed by atoms with Gasteiger partial charge in [0.15, 0.2) is 0 Å². The minimum Gasteiger partial charge on any atom is -0.491 e. The van der Waals surface area contributed by atoms with Crippen molar-refractivity contribution in [3.8, 4) is 11.6 Å². The fourth-order valence-electron chi connectivity index (χ4n) is 12.5. The SMILES string of the molecule is CC(C)Oc1ccccc1[C@@H]1COCCCN1C1CC2(CCN(c3ccc(C(=O)NS(=O)(=O)c4ccc(NCC5CCC(C)(O)CC5)c([N+](=O)[O-])c4)c(N4c5cc6cc[nH]c6nc5O[C@H]5COCC[C@@H]54)c3)CC2)C1. The molecule has 3 saturated heterocycles. The number of nitrogens with one attached hydrogen (secondary N) is 3. The van der Waals surface area contributed by atoms with Crippen LogP contribution in [0, 0.1) is 21.4 Å². The number of nitrogens with zero attached hydrogens (tertiary/aromatic N) is 5. The van der Waals surface area contributed by atoms with E-state index in [0.717, 1.165) is 94.1 Å². The molecule has 3 atom stereocenters. The van der Waals surface area contributed by atoms with Crippen molar-refractivity contribution < 1.29 is 42.2 Å². The third-order valence-electron chi connectivity index (χ3n) is 16.6. The van der Waals surface area contributed by atoms with Gasteiger partial charge in [0, 0.05) is 74.3 Å². The largest absolute Gasteiger partial charge is 0.491 e. The first-order valence-corrected chi connectivity index (χ1v) is 27.9. The molecule has 1 spiro atoms. The van der Waals surface area contributed by atoms with Gasteiger partial charge in [0.1, 0.15) is 28.9 Å². The van der Waals surface area contributed by atoms with E-state index in [2.05, 4.69) is 61.8 Å².